The second-order valence-electron chi connectivity index (χ2n) is 4.60. The summed E-state index contributed by atoms with van der Waals surface area (Å²) in [6.45, 7) is 3.61. The van der Waals surface area contributed by atoms with Crippen LogP contribution >= 0.6 is 0 Å². The molecule has 2 aromatic rings. The number of rotatable bonds is 4. The average molecular weight is 294 g/mol. The van der Waals surface area contributed by atoms with E-state index in [9.17, 15) is 13.2 Å². The fourth-order valence-corrected chi connectivity index (χ4v) is 3.49. The Morgan fingerprint density at radius 1 is 1.20 bits per heavy atom. The lowest BCUT2D eigenvalue weighted by Gasteiger charge is -2.07. The van der Waals surface area contributed by atoms with Gasteiger partial charge in [0, 0.05) is 0 Å². The number of aromatic carboxylic acids is 1. The second kappa shape index (κ2) is 5.13. The lowest BCUT2D eigenvalue weighted by molar-refractivity contribution is 0.0660. The Bertz CT molecular complexity index is 756. The summed E-state index contributed by atoms with van der Waals surface area (Å²) >= 11 is 0. The molecule has 0 saturated heterocycles. The van der Waals surface area contributed by atoms with Gasteiger partial charge in [-0.15, -0.1) is 0 Å². The highest BCUT2D eigenvalue weighted by molar-refractivity contribution is 7.90. The van der Waals surface area contributed by atoms with Crippen molar-refractivity contribution in [2.24, 2.45) is 0 Å². The zero-order valence-electron chi connectivity index (χ0n) is 11.1. The summed E-state index contributed by atoms with van der Waals surface area (Å²) in [6.07, 6.45) is 0. The summed E-state index contributed by atoms with van der Waals surface area (Å²) < 4.78 is 29.6. The number of carbonyl (C=O) groups is 1. The molecule has 0 aliphatic heterocycles. The van der Waals surface area contributed by atoms with Crippen LogP contribution in [0.1, 0.15) is 27.4 Å². The van der Waals surface area contributed by atoms with Crippen LogP contribution in [0.5, 0.6) is 0 Å². The molecule has 1 aromatic heterocycles. The van der Waals surface area contributed by atoms with Gasteiger partial charge in [0.2, 0.25) is 5.76 Å². The molecule has 0 fully saturated rings. The van der Waals surface area contributed by atoms with Gasteiger partial charge in [-0.2, -0.15) is 0 Å². The zero-order valence-corrected chi connectivity index (χ0v) is 11.9. The maximum atomic E-state index is 12.3. The van der Waals surface area contributed by atoms with Crippen LogP contribution in [0.25, 0.3) is 0 Å². The van der Waals surface area contributed by atoms with Crippen LogP contribution < -0.4 is 0 Å². The molecule has 6 heteroatoms. The largest absolute Gasteiger partial charge is 0.475 e. The first-order valence-corrected chi connectivity index (χ1v) is 7.57. The number of aryl methyl sites for hydroxylation is 2. The molecule has 1 heterocycles. The molecule has 0 bridgehead atoms. The lowest BCUT2D eigenvalue weighted by Crippen LogP contribution is -2.06. The molecule has 2 rings (SSSR count). The van der Waals surface area contributed by atoms with Crippen molar-refractivity contribution in [3.05, 3.63) is 53.0 Å². The van der Waals surface area contributed by atoms with Crippen molar-refractivity contribution in [3.63, 3.8) is 0 Å². The van der Waals surface area contributed by atoms with E-state index in [1.54, 1.807) is 25.1 Å². The Labute approximate surface area is 116 Å². The van der Waals surface area contributed by atoms with Crippen molar-refractivity contribution in [2.75, 3.05) is 0 Å². The third-order valence-corrected chi connectivity index (χ3v) is 4.66. The Balaban J connectivity index is 2.33. The molecule has 0 amide bonds. The molecule has 0 aliphatic rings. The highest BCUT2D eigenvalue weighted by atomic mass is 32.2. The Morgan fingerprint density at radius 3 is 2.45 bits per heavy atom. The topological polar surface area (TPSA) is 84.6 Å². The first kappa shape index (κ1) is 14.3. The van der Waals surface area contributed by atoms with Crippen molar-refractivity contribution in [2.45, 2.75) is 24.5 Å². The number of benzene rings is 1. The van der Waals surface area contributed by atoms with E-state index in [0.717, 1.165) is 5.56 Å². The van der Waals surface area contributed by atoms with E-state index in [0.29, 0.717) is 5.56 Å². The van der Waals surface area contributed by atoms with Crippen molar-refractivity contribution >= 4 is 15.8 Å². The number of sulfone groups is 1. The summed E-state index contributed by atoms with van der Waals surface area (Å²) in [5.74, 6) is -1.73. The fraction of sp³-hybridized carbons (Fsp3) is 0.214. The maximum Gasteiger partial charge on any atom is 0.371 e. The Hall–Kier alpha value is -2.08. The Kier molecular flexibility index (Phi) is 3.67. The standard InChI is InChI=1S/C14H14O5S/c1-9-3-6-13(10(2)7-9)20(17,18)8-11-4-5-12(19-11)14(15)16/h3-7H,8H2,1-2H3,(H,15,16). The van der Waals surface area contributed by atoms with E-state index in [2.05, 4.69) is 0 Å². The summed E-state index contributed by atoms with van der Waals surface area (Å²) in [6, 6.07) is 7.68. The number of carboxylic acid groups (broad SMARTS) is 1. The zero-order chi connectivity index (χ0) is 14.9. The quantitative estimate of drug-likeness (QED) is 0.936. The van der Waals surface area contributed by atoms with E-state index < -0.39 is 15.8 Å². The van der Waals surface area contributed by atoms with Crippen LogP contribution in [0.15, 0.2) is 39.6 Å². The molecular weight excluding hydrogens is 280 g/mol. The summed E-state index contributed by atoms with van der Waals surface area (Å²) in [4.78, 5) is 10.9. The first-order chi connectivity index (χ1) is 9.29. The van der Waals surface area contributed by atoms with Gasteiger partial charge in [-0.3, -0.25) is 0 Å². The molecule has 20 heavy (non-hydrogen) atoms. The van der Waals surface area contributed by atoms with Gasteiger partial charge in [-0.25, -0.2) is 13.2 Å². The second-order valence-corrected chi connectivity index (χ2v) is 6.56. The molecule has 0 unspecified atom stereocenters. The third-order valence-electron chi connectivity index (χ3n) is 2.87. The average Bonchev–Trinajstić information content (AvgIpc) is 2.76. The predicted molar refractivity (Wildman–Crippen MR) is 72.5 cm³/mol. The maximum absolute atomic E-state index is 12.3. The summed E-state index contributed by atoms with van der Waals surface area (Å²) in [7, 11) is -3.56. The van der Waals surface area contributed by atoms with Gasteiger partial charge in [0.05, 0.1) is 4.90 Å². The number of furan rings is 1. The molecule has 0 aliphatic carbocycles. The number of hydrogen-bond donors (Lipinski definition) is 1. The fourth-order valence-electron chi connectivity index (χ4n) is 1.98. The molecule has 106 valence electrons. The Morgan fingerprint density at radius 2 is 1.90 bits per heavy atom. The van der Waals surface area contributed by atoms with E-state index >= 15 is 0 Å². The van der Waals surface area contributed by atoms with Gasteiger partial charge in [-0.05, 0) is 37.6 Å². The molecule has 5 nitrogen and oxygen atoms in total. The minimum atomic E-state index is -3.56. The van der Waals surface area contributed by atoms with Crippen molar-refractivity contribution in [1.29, 1.82) is 0 Å². The van der Waals surface area contributed by atoms with Gasteiger partial charge < -0.3 is 9.52 Å². The van der Waals surface area contributed by atoms with Crippen molar-refractivity contribution in [1.82, 2.24) is 0 Å². The van der Waals surface area contributed by atoms with Gasteiger partial charge in [0.25, 0.3) is 0 Å². The van der Waals surface area contributed by atoms with Crippen LogP contribution in [0.2, 0.25) is 0 Å². The van der Waals surface area contributed by atoms with E-state index in [-0.39, 0.29) is 22.2 Å². The molecular formula is C14H14O5S. The van der Waals surface area contributed by atoms with Crippen LogP contribution in [0.3, 0.4) is 0 Å². The van der Waals surface area contributed by atoms with Crippen molar-refractivity contribution < 1.29 is 22.7 Å². The molecule has 0 saturated carbocycles. The van der Waals surface area contributed by atoms with Crippen LogP contribution in [0.4, 0.5) is 0 Å². The molecule has 0 atom stereocenters. The third kappa shape index (κ3) is 2.91. The molecule has 0 radical (unpaired) electrons. The SMILES string of the molecule is Cc1ccc(S(=O)(=O)Cc2ccc(C(=O)O)o2)c(C)c1. The van der Waals surface area contributed by atoms with Crippen LogP contribution in [-0.2, 0) is 15.6 Å². The monoisotopic (exact) mass is 294 g/mol. The molecule has 1 aromatic carbocycles. The smallest absolute Gasteiger partial charge is 0.371 e. The van der Waals surface area contributed by atoms with Gasteiger partial charge in [0.1, 0.15) is 11.5 Å². The number of hydrogen-bond acceptors (Lipinski definition) is 4. The number of carboxylic acids is 1. The predicted octanol–water partition coefficient (Wildman–Crippen LogP) is 2.57. The lowest BCUT2D eigenvalue weighted by atomic mass is 10.2. The highest BCUT2D eigenvalue weighted by Crippen LogP contribution is 2.22. The minimum absolute atomic E-state index is 0.113. The summed E-state index contributed by atoms with van der Waals surface area (Å²) in [5.41, 5.74) is 1.64. The highest BCUT2D eigenvalue weighted by Gasteiger charge is 2.20. The van der Waals surface area contributed by atoms with Gasteiger partial charge in [0.15, 0.2) is 9.84 Å². The molecule has 0 spiro atoms. The van der Waals surface area contributed by atoms with Crippen molar-refractivity contribution in [3.8, 4) is 0 Å². The van der Waals surface area contributed by atoms with Gasteiger partial charge >= 0.3 is 5.97 Å². The minimum Gasteiger partial charge on any atom is -0.475 e. The van der Waals surface area contributed by atoms with Gasteiger partial charge in [-0.1, -0.05) is 17.7 Å². The van der Waals surface area contributed by atoms with E-state index in [1.807, 2.05) is 6.92 Å². The molecule has 1 N–H and O–H groups in total. The summed E-state index contributed by atoms with van der Waals surface area (Å²) in [5, 5.41) is 8.74. The van der Waals surface area contributed by atoms with Crippen LogP contribution in [0, 0.1) is 13.8 Å². The van der Waals surface area contributed by atoms with E-state index in [1.165, 1.54) is 12.1 Å². The van der Waals surface area contributed by atoms with Crippen LogP contribution in [-0.4, -0.2) is 19.5 Å². The first-order valence-electron chi connectivity index (χ1n) is 5.91. The normalized spacial score (nSPS) is 11.5. The van der Waals surface area contributed by atoms with E-state index in [4.69, 9.17) is 9.52 Å².